The van der Waals surface area contributed by atoms with E-state index in [1.807, 2.05) is 18.5 Å². The number of nitrogens with one attached hydrogen (secondary N) is 1. The molecule has 106 valence electrons. The van der Waals surface area contributed by atoms with E-state index in [1.165, 1.54) is 35.2 Å². The molecule has 2 aromatic heterocycles. The lowest BCUT2D eigenvalue weighted by molar-refractivity contribution is 0.688. The van der Waals surface area contributed by atoms with Crippen molar-refractivity contribution in [3.8, 4) is 11.3 Å². The van der Waals surface area contributed by atoms with Crippen LogP contribution in [-0.4, -0.2) is 15.4 Å². The normalized spacial score (nSPS) is 14.7. The highest BCUT2D eigenvalue weighted by atomic mass is 15.0. The Morgan fingerprint density at radius 1 is 1.24 bits per heavy atom. The van der Waals surface area contributed by atoms with Gasteiger partial charge in [0.2, 0.25) is 0 Å². The van der Waals surface area contributed by atoms with Crippen molar-refractivity contribution in [1.29, 1.82) is 0 Å². The molecule has 0 bridgehead atoms. The first-order valence-electron chi connectivity index (χ1n) is 7.56. The maximum atomic E-state index is 4.39. The SMILES string of the molecule is Cc1ccc(CNC2CC2)c(-c2cccc3nccn23)c1. The number of fused-ring (bicyclic) bond motifs is 1. The Balaban J connectivity index is 1.81. The lowest BCUT2D eigenvalue weighted by atomic mass is 10.0. The molecule has 3 heteroatoms. The minimum absolute atomic E-state index is 0.725. The molecule has 3 aromatic rings. The summed E-state index contributed by atoms with van der Waals surface area (Å²) in [7, 11) is 0. The molecule has 1 aliphatic rings. The monoisotopic (exact) mass is 277 g/mol. The minimum Gasteiger partial charge on any atom is -0.310 e. The van der Waals surface area contributed by atoms with Gasteiger partial charge in [0.25, 0.3) is 0 Å². The van der Waals surface area contributed by atoms with Crippen molar-refractivity contribution >= 4 is 5.65 Å². The summed E-state index contributed by atoms with van der Waals surface area (Å²) < 4.78 is 2.16. The quantitative estimate of drug-likeness (QED) is 0.790. The van der Waals surface area contributed by atoms with Gasteiger partial charge in [-0.25, -0.2) is 4.98 Å². The van der Waals surface area contributed by atoms with Gasteiger partial charge in [0.1, 0.15) is 5.65 Å². The highest BCUT2D eigenvalue weighted by Gasteiger charge is 2.20. The Morgan fingerprint density at radius 3 is 3.00 bits per heavy atom. The Hall–Kier alpha value is -2.13. The zero-order valence-electron chi connectivity index (χ0n) is 12.2. The van der Waals surface area contributed by atoms with Crippen LogP contribution in [0.3, 0.4) is 0 Å². The van der Waals surface area contributed by atoms with Gasteiger partial charge in [-0.05, 0) is 43.5 Å². The maximum Gasteiger partial charge on any atom is 0.137 e. The van der Waals surface area contributed by atoms with Crippen molar-refractivity contribution in [2.24, 2.45) is 0 Å². The Bertz CT molecular complexity index is 784. The van der Waals surface area contributed by atoms with Crippen LogP contribution in [-0.2, 0) is 6.54 Å². The number of pyridine rings is 1. The zero-order chi connectivity index (χ0) is 14.2. The molecule has 0 amide bonds. The fourth-order valence-electron chi connectivity index (χ4n) is 2.79. The summed E-state index contributed by atoms with van der Waals surface area (Å²) in [6.07, 6.45) is 6.53. The van der Waals surface area contributed by atoms with Gasteiger partial charge in [0, 0.05) is 30.5 Å². The van der Waals surface area contributed by atoms with Crippen LogP contribution >= 0.6 is 0 Å². The summed E-state index contributed by atoms with van der Waals surface area (Å²) in [4.78, 5) is 4.39. The molecular formula is C18H19N3. The highest BCUT2D eigenvalue weighted by Crippen LogP contribution is 2.27. The van der Waals surface area contributed by atoms with Gasteiger partial charge >= 0.3 is 0 Å². The average molecular weight is 277 g/mol. The number of imidazole rings is 1. The lowest BCUT2D eigenvalue weighted by Gasteiger charge is -2.13. The van der Waals surface area contributed by atoms with E-state index < -0.39 is 0 Å². The fourth-order valence-corrected chi connectivity index (χ4v) is 2.79. The molecule has 1 saturated carbocycles. The summed E-state index contributed by atoms with van der Waals surface area (Å²) in [5.74, 6) is 0. The molecule has 1 fully saturated rings. The standard InChI is InChI=1S/C18H19N3/c1-13-5-6-14(12-20-15-7-8-15)16(11-13)17-3-2-4-18-19-9-10-21(17)18/h2-6,9-11,15,20H,7-8,12H2,1H3. The Kier molecular flexibility index (Phi) is 3.00. The molecule has 1 N–H and O–H groups in total. The predicted octanol–water partition coefficient (Wildman–Crippen LogP) is 3.56. The van der Waals surface area contributed by atoms with Crippen molar-refractivity contribution in [1.82, 2.24) is 14.7 Å². The van der Waals surface area contributed by atoms with Crippen LogP contribution in [0.5, 0.6) is 0 Å². The third-order valence-corrected chi connectivity index (χ3v) is 4.13. The van der Waals surface area contributed by atoms with Gasteiger partial charge in [-0.15, -0.1) is 0 Å². The number of rotatable bonds is 4. The summed E-state index contributed by atoms with van der Waals surface area (Å²) >= 11 is 0. The maximum absolute atomic E-state index is 4.39. The van der Waals surface area contributed by atoms with E-state index in [0.717, 1.165) is 18.2 Å². The van der Waals surface area contributed by atoms with E-state index in [1.54, 1.807) is 0 Å². The first kappa shape index (κ1) is 12.6. The molecule has 4 rings (SSSR count). The van der Waals surface area contributed by atoms with Crippen LogP contribution in [0.15, 0.2) is 48.8 Å². The first-order valence-corrected chi connectivity index (χ1v) is 7.56. The largest absolute Gasteiger partial charge is 0.310 e. The topological polar surface area (TPSA) is 29.3 Å². The number of hydrogen-bond donors (Lipinski definition) is 1. The van der Waals surface area contributed by atoms with Gasteiger partial charge < -0.3 is 5.32 Å². The fraction of sp³-hybridized carbons (Fsp3) is 0.278. The molecule has 0 radical (unpaired) electrons. The second-order valence-electron chi connectivity index (χ2n) is 5.88. The van der Waals surface area contributed by atoms with E-state index in [4.69, 9.17) is 0 Å². The number of nitrogens with zero attached hydrogens (tertiary/aromatic N) is 2. The lowest BCUT2D eigenvalue weighted by Crippen LogP contribution is -2.16. The second-order valence-corrected chi connectivity index (χ2v) is 5.88. The van der Waals surface area contributed by atoms with Crippen molar-refractivity contribution < 1.29 is 0 Å². The van der Waals surface area contributed by atoms with E-state index in [9.17, 15) is 0 Å². The van der Waals surface area contributed by atoms with Crippen molar-refractivity contribution in [2.45, 2.75) is 32.4 Å². The summed E-state index contributed by atoms with van der Waals surface area (Å²) in [6, 6.07) is 13.7. The molecule has 1 aromatic carbocycles. The van der Waals surface area contributed by atoms with Crippen LogP contribution in [0.1, 0.15) is 24.0 Å². The summed E-state index contributed by atoms with van der Waals surface area (Å²) in [5, 5.41) is 3.62. The molecule has 0 unspecified atom stereocenters. The first-order chi connectivity index (χ1) is 10.3. The van der Waals surface area contributed by atoms with Crippen LogP contribution in [0.2, 0.25) is 0 Å². The van der Waals surface area contributed by atoms with E-state index in [2.05, 4.69) is 52.0 Å². The Morgan fingerprint density at radius 2 is 2.14 bits per heavy atom. The Labute approximate surface area is 124 Å². The molecular weight excluding hydrogens is 258 g/mol. The van der Waals surface area contributed by atoms with E-state index in [-0.39, 0.29) is 0 Å². The molecule has 21 heavy (non-hydrogen) atoms. The number of hydrogen-bond acceptors (Lipinski definition) is 2. The van der Waals surface area contributed by atoms with Gasteiger partial charge in [-0.3, -0.25) is 4.40 Å². The third-order valence-electron chi connectivity index (χ3n) is 4.13. The van der Waals surface area contributed by atoms with Crippen LogP contribution in [0.25, 0.3) is 16.9 Å². The molecule has 2 heterocycles. The average Bonchev–Trinajstić information content (AvgIpc) is 3.20. The van der Waals surface area contributed by atoms with E-state index >= 15 is 0 Å². The summed E-state index contributed by atoms with van der Waals surface area (Å²) in [6.45, 7) is 3.08. The zero-order valence-corrected chi connectivity index (χ0v) is 12.2. The van der Waals surface area contributed by atoms with E-state index in [0.29, 0.717) is 0 Å². The predicted molar refractivity (Wildman–Crippen MR) is 85.2 cm³/mol. The third kappa shape index (κ3) is 2.45. The highest BCUT2D eigenvalue weighted by molar-refractivity contribution is 5.68. The molecule has 0 aliphatic heterocycles. The van der Waals surface area contributed by atoms with Gasteiger partial charge in [0.15, 0.2) is 0 Å². The van der Waals surface area contributed by atoms with Gasteiger partial charge in [-0.2, -0.15) is 0 Å². The second kappa shape index (κ2) is 5.01. The van der Waals surface area contributed by atoms with Crippen LogP contribution in [0.4, 0.5) is 0 Å². The van der Waals surface area contributed by atoms with Gasteiger partial charge in [0.05, 0.1) is 5.69 Å². The number of aromatic nitrogens is 2. The smallest absolute Gasteiger partial charge is 0.137 e. The van der Waals surface area contributed by atoms with Crippen LogP contribution < -0.4 is 5.32 Å². The van der Waals surface area contributed by atoms with Crippen molar-refractivity contribution in [3.63, 3.8) is 0 Å². The molecule has 3 nitrogen and oxygen atoms in total. The number of benzene rings is 1. The molecule has 0 saturated heterocycles. The van der Waals surface area contributed by atoms with Crippen molar-refractivity contribution in [2.75, 3.05) is 0 Å². The summed E-state index contributed by atoms with van der Waals surface area (Å²) in [5.41, 5.74) is 6.15. The molecule has 1 aliphatic carbocycles. The number of aryl methyl sites for hydroxylation is 1. The van der Waals surface area contributed by atoms with Gasteiger partial charge in [-0.1, -0.05) is 23.8 Å². The molecule has 0 atom stereocenters. The molecule has 0 spiro atoms. The minimum atomic E-state index is 0.725. The van der Waals surface area contributed by atoms with Crippen molar-refractivity contribution in [3.05, 3.63) is 59.9 Å². The van der Waals surface area contributed by atoms with Crippen LogP contribution in [0, 0.1) is 6.92 Å².